The van der Waals surface area contributed by atoms with Crippen LogP contribution in [0.25, 0.3) is 17.1 Å². The van der Waals surface area contributed by atoms with Crippen molar-refractivity contribution in [3.8, 4) is 17.1 Å². The van der Waals surface area contributed by atoms with Crippen LogP contribution in [0.2, 0.25) is 0 Å². The highest BCUT2D eigenvalue weighted by atomic mass is 16.5. The number of nitrogens with two attached hydrogens (primary N) is 1. The number of hydrogen-bond acceptors (Lipinski definition) is 8. The standard InChI is InChI=1S/C27H29N7O2/c28-26-30-27(29-22-9-8-18-10-12-35-14-15-36-13-11-20(18)16-22)33-34(26)24-17-21-6-3-5-19-4-1-2-7-23(19)25(21)32-31-24/h1-2,4,7-9,16-17H,3,5-6,10-15H2,(H3,28,29,30,33). The Hall–Kier alpha value is -3.82. The first-order chi connectivity index (χ1) is 17.7. The molecule has 9 heteroatoms. The Balaban J connectivity index is 1.25. The van der Waals surface area contributed by atoms with Gasteiger partial charge in [-0.15, -0.1) is 15.3 Å². The molecule has 0 saturated heterocycles. The summed E-state index contributed by atoms with van der Waals surface area (Å²) in [5.41, 5.74) is 14.2. The van der Waals surface area contributed by atoms with Gasteiger partial charge in [-0.3, -0.25) is 0 Å². The zero-order valence-electron chi connectivity index (χ0n) is 20.1. The van der Waals surface area contributed by atoms with Crippen LogP contribution in [0.3, 0.4) is 0 Å². The maximum absolute atomic E-state index is 6.24. The number of ether oxygens (including phenoxy) is 2. The molecule has 3 heterocycles. The summed E-state index contributed by atoms with van der Waals surface area (Å²) in [7, 11) is 0. The second-order valence-electron chi connectivity index (χ2n) is 9.13. The van der Waals surface area contributed by atoms with Crippen LogP contribution in [-0.4, -0.2) is 51.4 Å². The molecular formula is C27H29N7O2. The van der Waals surface area contributed by atoms with E-state index in [1.54, 1.807) is 4.68 Å². The molecule has 1 aliphatic carbocycles. The largest absolute Gasteiger partial charge is 0.379 e. The van der Waals surface area contributed by atoms with Gasteiger partial charge in [0.25, 0.3) is 0 Å². The minimum atomic E-state index is 0.255. The van der Waals surface area contributed by atoms with E-state index < -0.39 is 0 Å². The average molecular weight is 484 g/mol. The van der Waals surface area contributed by atoms with Gasteiger partial charge in [0.1, 0.15) is 0 Å². The van der Waals surface area contributed by atoms with Crippen molar-refractivity contribution >= 4 is 17.6 Å². The summed E-state index contributed by atoms with van der Waals surface area (Å²) in [5.74, 6) is 1.23. The highest BCUT2D eigenvalue weighted by molar-refractivity contribution is 5.68. The van der Waals surface area contributed by atoms with Gasteiger partial charge in [-0.25, -0.2) is 0 Å². The molecule has 0 radical (unpaired) electrons. The Kier molecular flexibility index (Phi) is 6.31. The fourth-order valence-electron chi connectivity index (χ4n) is 4.92. The van der Waals surface area contributed by atoms with Crippen molar-refractivity contribution in [1.29, 1.82) is 0 Å². The van der Waals surface area contributed by atoms with Crippen LogP contribution in [0.5, 0.6) is 0 Å². The molecule has 0 unspecified atom stereocenters. The lowest BCUT2D eigenvalue weighted by Gasteiger charge is -2.15. The van der Waals surface area contributed by atoms with E-state index in [-0.39, 0.29) is 5.95 Å². The SMILES string of the molecule is Nc1nc(Nc2ccc3c(c2)CCOCCOCC3)nn1-c1cc2c(nn1)-c1ccccc1CCC2. The molecule has 2 aromatic carbocycles. The minimum Gasteiger partial charge on any atom is -0.379 e. The number of aromatic nitrogens is 5. The fourth-order valence-corrected chi connectivity index (χ4v) is 4.92. The summed E-state index contributed by atoms with van der Waals surface area (Å²) in [6, 6.07) is 16.7. The molecule has 2 aromatic heterocycles. The van der Waals surface area contributed by atoms with E-state index in [0.29, 0.717) is 38.2 Å². The first-order valence-electron chi connectivity index (χ1n) is 12.5. The van der Waals surface area contributed by atoms with E-state index in [1.807, 2.05) is 18.2 Å². The third kappa shape index (κ3) is 4.67. The van der Waals surface area contributed by atoms with Crippen LogP contribution in [0.4, 0.5) is 17.6 Å². The molecular weight excluding hydrogens is 454 g/mol. The maximum Gasteiger partial charge on any atom is 0.248 e. The first-order valence-corrected chi connectivity index (χ1v) is 12.5. The van der Waals surface area contributed by atoms with Crippen molar-refractivity contribution in [2.75, 3.05) is 37.5 Å². The van der Waals surface area contributed by atoms with Gasteiger partial charge in [-0.2, -0.15) is 9.67 Å². The monoisotopic (exact) mass is 483 g/mol. The molecule has 1 aliphatic heterocycles. The molecule has 4 aromatic rings. The van der Waals surface area contributed by atoms with Crippen molar-refractivity contribution in [2.45, 2.75) is 32.1 Å². The molecule has 0 saturated carbocycles. The van der Waals surface area contributed by atoms with Crippen molar-refractivity contribution in [1.82, 2.24) is 25.0 Å². The molecule has 9 nitrogen and oxygen atoms in total. The summed E-state index contributed by atoms with van der Waals surface area (Å²) in [5, 5.41) is 16.9. The van der Waals surface area contributed by atoms with Crippen LogP contribution in [0.15, 0.2) is 48.5 Å². The Bertz CT molecular complexity index is 1380. The number of benzene rings is 2. The summed E-state index contributed by atoms with van der Waals surface area (Å²) in [6.07, 6.45) is 4.75. The van der Waals surface area contributed by atoms with E-state index in [4.69, 9.17) is 15.2 Å². The summed E-state index contributed by atoms with van der Waals surface area (Å²) >= 11 is 0. The van der Waals surface area contributed by atoms with Gasteiger partial charge < -0.3 is 20.5 Å². The van der Waals surface area contributed by atoms with Gasteiger partial charge in [0.2, 0.25) is 11.9 Å². The van der Waals surface area contributed by atoms with Crippen LogP contribution in [0, 0.1) is 0 Å². The quantitative estimate of drug-likeness (QED) is 0.454. The third-order valence-electron chi connectivity index (χ3n) is 6.74. The van der Waals surface area contributed by atoms with Crippen LogP contribution in [0.1, 0.15) is 28.7 Å². The van der Waals surface area contributed by atoms with Crippen molar-refractivity contribution in [3.63, 3.8) is 0 Å². The number of nitrogens with one attached hydrogen (secondary N) is 1. The van der Waals surface area contributed by atoms with E-state index >= 15 is 0 Å². The Labute approximate surface area is 209 Å². The van der Waals surface area contributed by atoms with Crippen molar-refractivity contribution < 1.29 is 9.47 Å². The minimum absolute atomic E-state index is 0.255. The zero-order chi connectivity index (χ0) is 24.3. The normalized spacial score (nSPS) is 15.8. The third-order valence-corrected chi connectivity index (χ3v) is 6.74. The van der Waals surface area contributed by atoms with Gasteiger partial charge in [0.15, 0.2) is 5.82 Å². The summed E-state index contributed by atoms with van der Waals surface area (Å²) in [6.45, 7) is 2.64. The predicted molar refractivity (Wildman–Crippen MR) is 138 cm³/mol. The van der Waals surface area contributed by atoms with E-state index in [1.165, 1.54) is 16.7 Å². The zero-order valence-corrected chi connectivity index (χ0v) is 20.1. The lowest BCUT2D eigenvalue weighted by Crippen LogP contribution is -2.12. The lowest BCUT2D eigenvalue weighted by atomic mass is 10.0. The summed E-state index contributed by atoms with van der Waals surface area (Å²) in [4.78, 5) is 4.43. The second kappa shape index (κ2) is 10.0. The van der Waals surface area contributed by atoms with Gasteiger partial charge >= 0.3 is 0 Å². The van der Waals surface area contributed by atoms with Gasteiger partial charge in [-0.1, -0.05) is 30.3 Å². The number of aryl methyl sites for hydroxylation is 2. The number of nitrogen functional groups attached to an aromatic ring is 1. The van der Waals surface area contributed by atoms with Crippen molar-refractivity contribution in [2.24, 2.45) is 0 Å². The molecule has 184 valence electrons. The lowest BCUT2D eigenvalue weighted by molar-refractivity contribution is 0.0477. The number of anilines is 3. The Morgan fingerprint density at radius 3 is 2.47 bits per heavy atom. The first kappa shape index (κ1) is 22.6. The topological polar surface area (TPSA) is 113 Å². The smallest absolute Gasteiger partial charge is 0.248 e. The maximum atomic E-state index is 6.24. The molecule has 0 amide bonds. The highest BCUT2D eigenvalue weighted by Gasteiger charge is 2.19. The molecule has 6 rings (SSSR count). The number of nitrogens with zero attached hydrogens (tertiary/aromatic N) is 5. The Morgan fingerprint density at radius 2 is 1.58 bits per heavy atom. The molecule has 0 fully saturated rings. The van der Waals surface area contributed by atoms with E-state index in [2.05, 4.69) is 55.9 Å². The predicted octanol–water partition coefficient (Wildman–Crippen LogP) is 3.67. The molecule has 36 heavy (non-hydrogen) atoms. The van der Waals surface area contributed by atoms with E-state index in [0.717, 1.165) is 54.6 Å². The number of hydrogen-bond donors (Lipinski definition) is 2. The van der Waals surface area contributed by atoms with Gasteiger partial charge in [0, 0.05) is 11.3 Å². The fraction of sp³-hybridized carbons (Fsp3) is 0.333. The number of fused-ring (bicyclic) bond motifs is 4. The van der Waals surface area contributed by atoms with Crippen molar-refractivity contribution in [3.05, 3.63) is 70.8 Å². The van der Waals surface area contributed by atoms with Crippen LogP contribution < -0.4 is 11.1 Å². The highest BCUT2D eigenvalue weighted by Crippen LogP contribution is 2.31. The molecule has 0 atom stereocenters. The molecule has 0 bridgehead atoms. The second-order valence-corrected chi connectivity index (χ2v) is 9.13. The Morgan fingerprint density at radius 1 is 0.778 bits per heavy atom. The van der Waals surface area contributed by atoms with Crippen LogP contribution in [-0.2, 0) is 35.2 Å². The van der Waals surface area contributed by atoms with Gasteiger partial charge in [0.05, 0.1) is 32.1 Å². The van der Waals surface area contributed by atoms with Gasteiger partial charge in [-0.05, 0) is 72.6 Å². The van der Waals surface area contributed by atoms with E-state index in [9.17, 15) is 0 Å². The molecule has 3 N–H and O–H groups in total. The summed E-state index contributed by atoms with van der Waals surface area (Å²) < 4.78 is 12.8. The average Bonchev–Trinajstić information content (AvgIpc) is 3.16. The molecule has 0 spiro atoms. The molecule has 2 aliphatic rings. The van der Waals surface area contributed by atoms with Crippen LogP contribution >= 0.6 is 0 Å². The number of rotatable bonds is 3.